The largest absolute Gasteiger partial charge is 0.370 e. The fraction of sp³-hybridized carbons (Fsp3) is 0.375. The maximum Gasteiger partial charge on any atom is 0.139 e. The fourth-order valence-electron chi connectivity index (χ4n) is 2.17. The van der Waals surface area contributed by atoms with Crippen molar-refractivity contribution in [2.24, 2.45) is 0 Å². The SMILES string of the molecule is CCNc1nc(C)nc(Nc2ccccc2CC)c1C. The molecule has 4 heteroatoms. The van der Waals surface area contributed by atoms with E-state index in [-0.39, 0.29) is 0 Å². The van der Waals surface area contributed by atoms with Gasteiger partial charge in [-0.3, -0.25) is 0 Å². The van der Waals surface area contributed by atoms with Crippen LogP contribution in [-0.4, -0.2) is 16.5 Å². The summed E-state index contributed by atoms with van der Waals surface area (Å²) in [6.45, 7) is 9.02. The van der Waals surface area contributed by atoms with Crippen molar-refractivity contribution in [1.29, 1.82) is 0 Å². The van der Waals surface area contributed by atoms with Gasteiger partial charge in [-0.2, -0.15) is 0 Å². The molecule has 106 valence electrons. The van der Waals surface area contributed by atoms with Crippen molar-refractivity contribution in [3.8, 4) is 0 Å². The Bertz CT molecular complexity index is 593. The molecule has 20 heavy (non-hydrogen) atoms. The van der Waals surface area contributed by atoms with Gasteiger partial charge in [-0.05, 0) is 38.8 Å². The van der Waals surface area contributed by atoms with Gasteiger partial charge in [0.2, 0.25) is 0 Å². The molecule has 0 fully saturated rings. The van der Waals surface area contributed by atoms with E-state index in [1.54, 1.807) is 0 Å². The lowest BCUT2D eigenvalue weighted by Crippen LogP contribution is -2.08. The number of hydrogen-bond donors (Lipinski definition) is 2. The maximum atomic E-state index is 4.52. The molecular weight excluding hydrogens is 248 g/mol. The lowest BCUT2D eigenvalue weighted by molar-refractivity contribution is 1.02. The highest BCUT2D eigenvalue weighted by atomic mass is 15.1. The molecule has 0 saturated carbocycles. The lowest BCUT2D eigenvalue weighted by atomic mass is 10.1. The van der Waals surface area contributed by atoms with Crippen LogP contribution in [0.1, 0.15) is 30.8 Å². The minimum atomic E-state index is 0.767. The van der Waals surface area contributed by atoms with Crippen LogP contribution in [-0.2, 0) is 6.42 Å². The van der Waals surface area contributed by atoms with E-state index in [9.17, 15) is 0 Å². The van der Waals surface area contributed by atoms with Gasteiger partial charge in [0.05, 0.1) is 0 Å². The molecule has 0 atom stereocenters. The number of anilines is 3. The molecule has 2 aromatic rings. The number of rotatable bonds is 5. The van der Waals surface area contributed by atoms with E-state index in [0.717, 1.165) is 41.7 Å². The van der Waals surface area contributed by atoms with Gasteiger partial charge in [-0.15, -0.1) is 0 Å². The summed E-state index contributed by atoms with van der Waals surface area (Å²) >= 11 is 0. The number of hydrogen-bond acceptors (Lipinski definition) is 4. The van der Waals surface area contributed by atoms with E-state index in [2.05, 4.69) is 52.6 Å². The summed E-state index contributed by atoms with van der Waals surface area (Å²) in [4.78, 5) is 8.97. The van der Waals surface area contributed by atoms with Gasteiger partial charge in [0.25, 0.3) is 0 Å². The van der Waals surface area contributed by atoms with Crippen LogP contribution in [0.5, 0.6) is 0 Å². The van der Waals surface area contributed by atoms with E-state index in [0.29, 0.717) is 0 Å². The first-order chi connectivity index (χ1) is 9.65. The molecule has 1 aromatic heterocycles. The molecule has 0 saturated heterocycles. The number of benzene rings is 1. The van der Waals surface area contributed by atoms with Crippen LogP contribution >= 0.6 is 0 Å². The van der Waals surface area contributed by atoms with E-state index in [1.165, 1.54) is 5.56 Å². The van der Waals surface area contributed by atoms with Crippen molar-refractivity contribution >= 4 is 17.3 Å². The summed E-state index contributed by atoms with van der Waals surface area (Å²) in [5, 5.41) is 6.72. The van der Waals surface area contributed by atoms with Gasteiger partial charge in [0.15, 0.2) is 0 Å². The number of aromatic nitrogens is 2. The van der Waals surface area contributed by atoms with Crippen molar-refractivity contribution < 1.29 is 0 Å². The van der Waals surface area contributed by atoms with Crippen LogP contribution in [0.3, 0.4) is 0 Å². The zero-order valence-corrected chi connectivity index (χ0v) is 12.6. The topological polar surface area (TPSA) is 49.8 Å². The monoisotopic (exact) mass is 270 g/mol. The average molecular weight is 270 g/mol. The van der Waals surface area contributed by atoms with Gasteiger partial charge in [-0.25, -0.2) is 9.97 Å². The summed E-state index contributed by atoms with van der Waals surface area (Å²) in [6.07, 6.45) is 0.992. The number of para-hydroxylation sites is 1. The van der Waals surface area contributed by atoms with Crippen molar-refractivity contribution in [3.05, 3.63) is 41.2 Å². The van der Waals surface area contributed by atoms with Gasteiger partial charge in [-0.1, -0.05) is 25.1 Å². The minimum Gasteiger partial charge on any atom is -0.370 e. The minimum absolute atomic E-state index is 0.767. The van der Waals surface area contributed by atoms with Gasteiger partial charge >= 0.3 is 0 Å². The van der Waals surface area contributed by atoms with Crippen LogP contribution in [0.4, 0.5) is 17.3 Å². The molecule has 0 aliphatic rings. The highest BCUT2D eigenvalue weighted by Crippen LogP contribution is 2.25. The molecule has 2 rings (SSSR count). The summed E-state index contributed by atoms with van der Waals surface area (Å²) in [7, 11) is 0. The predicted molar refractivity (Wildman–Crippen MR) is 84.8 cm³/mol. The average Bonchev–Trinajstić information content (AvgIpc) is 2.44. The van der Waals surface area contributed by atoms with E-state index < -0.39 is 0 Å². The molecule has 0 amide bonds. The normalized spacial score (nSPS) is 10.4. The molecule has 0 aliphatic heterocycles. The Labute approximate surface area is 120 Å². The number of aryl methyl sites for hydroxylation is 2. The Morgan fingerprint density at radius 3 is 2.40 bits per heavy atom. The van der Waals surface area contributed by atoms with E-state index in [1.807, 2.05) is 19.9 Å². The molecule has 0 aliphatic carbocycles. The van der Waals surface area contributed by atoms with Crippen LogP contribution in [0.25, 0.3) is 0 Å². The smallest absolute Gasteiger partial charge is 0.139 e. The fourth-order valence-corrected chi connectivity index (χ4v) is 2.17. The van der Waals surface area contributed by atoms with Gasteiger partial charge in [0, 0.05) is 17.8 Å². The van der Waals surface area contributed by atoms with Crippen LogP contribution < -0.4 is 10.6 Å². The highest BCUT2D eigenvalue weighted by Gasteiger charge is 2.10. The summed E-state index contributed by atoms with van der Waals surface area (Å²) in [6, 6.07) is 8.32. The highest BCUT2D eigenvalue weighted by molar-refractivity contribution is 5.66. The zero-order valence-electron chi connectivity index (χ0n) is 12.6. The van der Waals surface area contributed by atoms with Crippen LogP contribution in [0, 0.1) is 13.8 Å². The van der Waals surface area contributed by atoms with E-state index >= 15 is 0 Å². The third-order valence-electron chi connectivity index (χ3n) is 3.25. The summed E-state index contributed by atoms with van der Waals surface area (Å²) in [5.41, 5.74) is 3.44. The standard InChI is InChI=1S/C16H22N4/c1-5-13-9-7-8-10-14(13)20-16-11(3)15(17-6-2)18-12(4)19-16/h7-10H,5-6H2,1-4H3,(H2,17,18,19,20). The van der Waals surface area contributed by atoms with E-state index in [4.69, 9.17) is 0 Å². The Kier molecular flexibility index (Phi) is 4.56. The number of nitrogens with one attached hydrogen (secondary N) is 2. The Hall–Kier alpha value is -2.10. The van der Waals surface area contributed by atoms with Crippen molar-refractivity contribution in [1.82, 2.24) is 9.97 Å². The Morgan fingerprint density at radius 2 is 1.70 bits per heavy atom. The van der Waals surface area contributed by atoms with Crippen molar-refractivity contribution in [3.63, 3.8) is 0 Å². The first-order valence-corrected chi connectivity index (χ1v) is 7.09. The molecule has 0 bridgehead atoms. The third-order valence-corrected chi connectivity index (χ3v) is 3.25. The molecule has 2 N–H and O–H groups in total. The van der Waals surface area contributed by atoms with Crippen LogP contribution in [0.15, 0.2) is 24.3 Å². The first-order valence-electron chi connectivity index (χ1n) is 7.09. The number of nitrogens with zero attached hydrogens (tertiary/aromatic N) is 2. The second-order valence-corrected chi connectivity index (χ2v) is 4.76. The second kappa shape index (κ2) is 6.37. The zero-order chi connectivity index (χ0) is 14.5. The summed E-state index contributed by atoms with van der Waals surface area (Å²) in [5.74, 6) is 2.54. The predicted octanol–water partition coefficient (Wildman–Crippen LogP) is 3.83. The summed E-state index contributed by atoms with van der Waals surface area (Å²) < 4.78 is 0. The van der Waals surface area contributed by atoms with Crippen LogP contribution in [0.2, 0.25) is 0 Å². The molecule has 0 spiro atoms. The van der Waals surface area contributed by atoms with Gasteiger partial charge < -0.3 is 10.6 Å². The quantitative estimate of drug-likeness (QED) is 0.867. The van der Waals surface area contributed by atoms with Crippen molar-refractivity contribution in [2.75, 3.05) is 17.2 Å². The molecule has 1 aromatic carbocycles. The molecular formula is C16H22N4. The lowest BCUT2D eigenvalue weighted by Gasteiger charge is -2.15. The maximum absolute atomic E-state index is 4.52. The van der Waals surface area contributed by atoms with Gasteiger partial charge in [0.1, 0.15) is 17.5 Å². The van der Waals surface area contributed by atoms with Crippen molar-refractivity contribution in [2.45, 2.75) is 34.1 Å². The molecule has 0 radical (unpaired) electrons. The molecule has 0 unspecified atom stereocenters. The molecule has 1 heterocycles. The molecule has 4 nitrogen and oxygen atoms in total. The second-order valence-electron chi connectivity index (χ2n) is 4.76. The first kappa shape index (κ1) is 14.3. The Morgan fingerprint density at radius 1 is 1.00 bits per heavy atom. The Balaban J connectivity index is 2.38. The third kappa shape index (κ3) is 3.07.